The normalized spacial score (nSPS) is 14.4. The summed E-state index contributed by atoms with van der Waals surface area (Å²) in [5.41, 5.74) is 0.640. The number of esters is 2. The van der Waals surface area contributed by atoms with Gasteiger partial charge in [-0.15, -0.1) is 0 Å². The van der Waals surface area contributed by atoms with Gasteiger partial charge < -0.3 is 23.8 Å². The van der Waals surface area contributed by atoms with Gasteiger partial charge in [-0.25, -0.2) is 4.79 Å². The number of benzene rings is 3. The third kappa shape index (κ3) is 6.23. The molecule has 12 heteroatoms. The summed E-state index contributed by atoms with van der Waals surface area (Å²) in [6.45, 7) is -0.474. The van der Waals surface area contributed by atoms with Crippen LogP contribution in [-0.2, 0) is 14.3 Å². The number of ketones is 1. The second-order valence-corrected chi connectivity index (χ2v) is 8.69. The van der Waals surface area contributed by atoms with E-state index in [0.29, 0.717) is 17.2 Å². The van der Waals surface area contributed by atoms with Crippen LogP contribution in [0.1, 0.15) is 27.1 Å². The van der Waals surface area contributed by atoms with Crippen LogP contribution in [0.4, 0.5) is 11.4 Å². The number of nitrogens with zero attached hydrogens (tertiary/aromatic N) is 2. The van der Waals surface area contributed by atoms with E-state index in [-0.39, 0.29) is 41.4 Å². The van der Waals surface area contributed by atoms with Gasteiger partial charge in [-0.05, 0) is 48.5 Å². The van der Waals surface area contributed by atoms with Crippen LogP contribution >= 0.6 is 0 Å². The first-order valence-corrected chi connectivity index (χ1v) is 12.0. The summed E-state index contributed by atoms with van der Waals surface area (Å²) in [5, 5.41) is 10.7. The summed E-state index contributed by atoms with van der Waals surface area (Å²) >= 11 is 0. The van der Waals surface area contributed by atoms with Crippen molar-refractivity contribution in [1.82, 2.24) is 0 Å². The van der Waals surface area contributed by atoms with E-state index in [1.54, 1.807) is 18.2 Å². The van der Waals surface area contributed by atoms with Gasteiger partial charge in [-0.1, -0.05) is 0 Å². The van der Waals surface area contributed by atoms with Crippen molar-refractivity contribution in [3.05, 3.63) is 88.0 Å². The van der Waals surface area contributed by atoms with Crippen molar-refractivity contribution >= 4 is 35.0 Å². The van der Waals surface area contributed by atoms with Crippen LogP contribution < -0.4 is 19.1 Å². The predicted molar refractivity (Wildman–Crippen MR) is 140 cm³/mol. The van der Waals surface area contributed by atoms with E-state index in [1.165, 1.54) is 67.7 Å². The predicted octanol–water partition coefficient (Wildman–Crippen LogP) is 3.61. The molecule has 0 aromatic heterocycles. The lowest BCUT2D eigenvalue weighted by atomic mass is 10.1. The highest BCUT2D eigenvalue weighted by Crippen LogP contribution is 2.36. The number of carbonyl (C=O) groups is 4. The van der Waals surface area contributed by atoms with E-state index < -0.39 is 35.2 Å². The number of carbonyl (C=O) groups excluding carboxylic acids is 4. The molecular weight excluding hydrogens is 524 g/mol. The fraction of sp³-hybridized carbons (Fsp3) is 0.214. The number of ether oxygens (including phenoxy) is 4. The molecule has 1 amide bonds. The van der Waals surface area contributed by atoms with Gasteiger partial charge in [0, 0.05) is 36.7 Å². The first kappa shape index (κ1) is 27.8. The van der Waals surface area contributed by atoms with Crippen LogP contribution in [0.5, 0.6) is 17.2 Å². The molecule has 4 rings (SSSR count). The van der Waals surface area contributed by atoms with Crippen LogP contribution in [-0.4, -0.2) is 55.9 Å². The summed E-state index contributed by atoms with van der Waals surface area (Å²) < 4.78 is 21.0. The summed E-state index contributed by atoms with van der Waals surface area (Å²) in [6, 6.07) is 15.5. The number of rotatable bonds is 10. The highest BCUT2D eigenvalue weighted by Gasteiger charge is 2.37. The van der Waals surface area contributed by atoms with Crippen molar-refractivity contribution in [1.29, 1.82) is 0 Å². The molecule has 40 heavy (non-hydrogen) atoms. The summed E-state index contributed by atoms with van der Waals surface area (Å²) in [5.74, 6) is -1.84. The zero-order valence-corrected chi connectivity index (χ0v) is 21.5. The second-order valence-electron chi connectivity index (χ2n) is 8.69. The van der Waals surface area contributed by atoms with Crippen molar-refractivity contribution in [2.45, 2.75) is 6.42 Å². The smallest absolute Gasteiger partial charge is 0.343 e. The molecule has 1 heterocycles. The van der Waals surface area contributed by atoms with Crippen LogP contribution in [0.25, 0.3) is 0 Å². The van der Waals surface area contributed by atoms with Gasteiger partial charge in [0.2, 0.25) is 5.91 Å². The maximum Gasteiger partial charge on any atom is 0.343 e. The van der Waals surface area contributed by atoms with E-state index in [9.17, 15) is 29.3 Å². The van der Waals surface area contributed by atoms with E-state index in [0.717, 1.165) is 0 Å². The number of hydrogen-bond acceptors (Lipinski definition) is 10. The Morgan fingerprint density at radius 3 is 2.20 bits per heavy atom. The average molecular weight is 549 g/mol. The lowest BCUT2D eigenvalue weighted by molar-refractivity contribution is -0.384. The molecule has 206 valence electrons. The number of non-ortho nitro benzene ring substituents is 1. The molecule has 3 aromatic rings. The highest BCUT2D eigenvalue weighted by atomic mass is 16.6. The highest BCUT2D eigenvalue weighted by molar-refractivity contribution is 6.02. The van der Waals surface area contributed by atoms with Gasteiger partial charge >= 0.3 is 11.9 Å². The van der Waals surface area contributed by atoms with Gasteiger partial charge in [-0.2, -0.15) is 0 Å². The molecule has 0 unspecified atom stereocenters. The number of Topliss-reactive ketones (excluding diaryl/α,β-unsaturated/α-hetero) is 1. The molecule has 1 aliphatic heterocycles. The number of nitro groups is 1. The molecule has 1 fully saturated rings. The van der Waals surface area contributed by atoms with E-state index in [4.69, 9.17) is 18.9 Å². The summed E-state index contributed by atoms with van der Waals surface area (Å²) in [7, 11) is 2.97. The Labute approximate surface area is 228 Å². The molecule has 1 saturated heterocycles. The number of nitro benzene ring substituents is 1. The van der Waals surface area contributed by atoms with Crippen LogP contribution in [0.15, 0.2) is 66.7 Å². The molecule has 0 N–H and O–H groups in total. The Hall–Kier alpha value is -5.26. The lowest BCUT2D eigenvalue weighted by Gasteiger charge is -2.20. The topological polar surface area (TPSA) is 152 Å². The van der Waals surface area contributed by atoms with Crippen molar-refractivity contribution < 1.29 is 43.0 Å². The molecule has 12 nitrogen and oxygen atoms in total. The molecular formula is C28H24N2O10. The second kappa shape index (κ2) is 12.1. The van der Waals surface area contributed by atoms with Gasteiger partial charge in [0.25, 0.3) is 5.69 Å². The van der Waals surface area contributed by atoms with Crippen LogP contribution in [0.3, 0.4) is 0 Å². The van der Waals surface area contributed by atoms with Crippen molar-refractivity contribution in [2.24, 2.45) is 5.92 Å². The zero-order valence-electron chi connectivity index (χ0n) is 21.5. The average Bonchev–Trinajstić information content (AvgIpc) is 3.37. The monoisotopic (exact) mass is 548 g/mol. The van der Waals surface area contributed by atoms with Gasteiger partial charge in [0.1, 0.15) is 17.2 Å². The fourth-order valence-corrected chi connectivity index (χ4v) is 4.04. The number of anilines is 1. The summed E-state index contributed by atoms with van der Waals surface area (Å²) in [6.07, 6.45) is -0.0811. The van der Waals surface area contributed by atoms with E-state index in [1.807, 2.05) is 0 Å². The first-order valence-electron chi connectivity index (χ1n) is 12.0. The minimum atomic E-state index is -0.766. The van der Waals surface area contributed by atoms with Crippen LogP contribution in [0, 0.1) is 16.0 Å². The molecule has 3 aromatic carbocycles. The molecule has 0 radical (unpaired) electrons. The molecule has 1 atom stereocenters. The third-order valence-electron chi connectivity index (χ3n) is 6.18. The quantitative estimate of drug-likeness (QED) is 0.121. The Morgan fingerprint density at radius 2 is 1.57 bits per heavy atom. The number of amides is 1. The fourth-order valence-electron chi connectivity index (χ4n) is 4.04. The standard InChI is InChI=1S/C28H24N2O10/c1-37-22-11-12-25(38-2)23(14-22)29-15-19(13-26(29)32)27(33)39-16-24(31)17-5-9-21(10-6-17)40-28(34)18-3-7-20(8-4-18)30(35)36/h3-12,14,19H,13,15-16H2,1-2H3/t19-/m0/s1. The minimum Gasteiger partial charge on any atom is -0.497 e. The molecule has 0 saturated carbocycles. The Kier molecular flexibility index (Phi) is 8.38. The first-order chi connectivity index (χ1) is 19.2. The van der Waals surface area contributed by atoms with Crippen LogP contribution in [0.2, 0.25) is 0 Å². The van der Waals surface area contributed by atoms with E-state index in [2.05, 4.69) is 0 Å². The number of methoxy groups -OCH3 is 2. The summed E-state index contributed by atoms with van der Waals surface area (Å²) in [4.78, 5) is 61.7. The molecule has 0 aliphatic carbocycles. The molecule has 1 aliphatic rings. The van der Waals surface area contributed by atoms with Gasteiger partial charge in [-0.3, -0.25) is 24.5 Å². The Morgan fingerprint density at radius 1 is 0.925 bits per heavy atom. The lowest BCUT2D eigenvalue weighted by Crippen LogP contribution is -2.27. The Balaban J connectivity index is 1.31. The third-order valence-corrected chi connectivity index (χ3v) is 6.18. The van der Waals surface area contributed by atoms with Crippen molar-refractivity contribution in [3.8, 4) is 17.2 Å². The molecule has 0 bridgehead atoms. The van der Waals surface area contributed by atoms with Gasteiger partial charge in [0.15, 0.2) is 12.4 Å². The van der Waals surface area contributed by atoms with Crippen molar-refractivity contribution in [3.63, 3.8) is 0 Å². The maximum atomic E-state index is 12.6. The largest absolute Gasteiger partial charge is 0.497 e. The number of hydrogen-bond donors (Lipinski definition) is 0. The zero-order chi connectivity index (χ0) is 28.8. The minimum absolute atomic E-state index is 0.0597. The molecule has 0 spiro atoms. The maximum absolute atomic E-state index is 12.6. The Bertz CT molecular complexity index is 1450. The SMILES string of the molecule is COc1ccc(OC)c(N2C[C@@H](C(=O)OCC(=O)c3ccc(OC(=O)c4ccc([N+](=O)[O-])cc4)cc3)CC2=O)c1. The van der Waals surface area contributed by atoms with E-state index >= 15 is 0 Å². The van der Waals surface area contributed by atoms with Crippen molar-refractivity contribution in [2.75, 3.05) is 32.3 Å². The van der Waals surface area contributed by atoms with Gasteiger partial charge in [0.05, 0.1) is 36.3 Å².